The van der Waals surface area contributed by atoms with Crippen LogP contribution in [0.15, 0.2) is 18.2 Å². The minimum Gasteiger partial charge on any atom is -0.399 e. The van der Waals surface area contributed by atoms with Gasteiger partial charge >= 0.3 is 0 Å². The van der Waals surface area contributed by atoms with Crippen molar-refractivity contribution in [1.29, 1.82) is 0 Å². The third kappa shape index (κ3) is 3.83. The molecule has 3 nitrogen and oxygen atoms in total. The van der Waals surface area contributed by atoms with Crippen LogP contribution in [0.3, 0.4) is 0 Å². The maximum absolute atomic E-state index is 5.79. The molecule has 0 saturated carbocycles. The van der Waals surface area contributed by atoms with Crippen molar-refractivity contribution in [3.63, 3.8) is 0 Å². The number of benzene rings is 1. The van der Waals surface area contributed by atoms with Gasteiger partial charge in [0.25, 0.3) is 0 Å². The van der Waals surface area contributed by atoms with E-state index < -0.39 is 0 Å². The number of nitrogens with one attached hydrogen (secondary N) is 1. The molecule has 2 rings (SSSR count). The number of thiazole rings is 1. The lowest BCUT2D eigenvalue weighted by Crippen LogP contribution is -2.13. The molecule has 4 heteroatoms. The zero-order valence-electron chi connectivity index (χ0n) is 11.8. The molecular formula is C15H23N3S. The number of anilines is 2. The van der Waals surface area contributed by atoms with Crippen molar-refractivity contribution >= 4 is 32.4 Å². The molecular weight excluding hydrogens is 254 g/mol. The van der Waals surface area contributed by atoms with Gasteiger partial charge in [-0.3, -0.25) is 0 Å². The first-order valence-electron chi connectivity index (χ1n) is 7.12. The number of nitrogen functional groups attached to an aromatic ring is 1. The molecule has 1 heterocycles. The summed E-state index contributed by atoms with van der Waals surface area (Å²) < 4.78 is 1.16. The van der Waals surface area contributed by atoms with E-state index in [4.69, 9.17) is 5.73 Å². The van der Waals surface area contributed by atoms with E-state index in [1.807, 2.05) is 18.2 Å². The lowest BCUT2D eigenvalue weighted by Gasteiger charge is -2.14. The molecule has 0 aliphatic carbocycles. The Balaban J connectivity index is 1.97. The minimum atomic E-state index is 0.747. The van der Waals surface area contributed by atoms with E-state index >= 15 is 0 Å². The summed E-state index contributed by atoms with van der Waals surface area (Å²) in [7, 11) is 0. The topological polar surface area (TPSA) is 50.9 Å². The number of hydrogen-bond acceptors (Lipinski definition) is 4. The summed E-state index contributed by atoms with van der Waals surface area (Å²) in [6.07, 6.45) is 5.12. The molecule has 1 unspecified atom stereocenters. The Morgan fingerprint density at radius 1 is 1.37 bits per heavy atom. The maximum atomic E-state index is 5.79. The van der Waals surface area contributed by atoms with Gasteiger partial charge in [-0.1, -0.05) is 44.4 Å². The molecule has 3 N–H and O–H groups in total. The van der Waals surface area contributed by atoms with Crippen LogP contribution in [0.1, 0.15) is 39.5 Å². The summed E-state index contributed by atoms with van der Waals surface area (Å²) in [4.78, 5) is 4.59. The first-order valence-corrected chi connectivity index (χ1v) is 7.94. The smallest absolute Gasteiger partial charge is 0.183 e. The summed E-state index contributed by atoms with van der Waals surface area (Å²) in [5, 5.41) is 4.49. The Morgan fingerprint density at radius 2 is 2.21 bits per heavy atom. The second-order valence-electron chi connectivity index (χ2n) is 5.04. The van der Waals surface area contributed by atoms with Crippen LogP contribution in [-0.2, 0) is 0 Å². The van der Waals surface area contributed by atoms with Gasteiger partial charge in [0, 0.05) is 12.2 Å². The van der Waals surface area contributed by atoms with Gasteiger partial charge in [0.05, 0.1) is 10.2 Å². The molecule has 2 aromatic rings. The summed E-state index contributed by atoms with van der Waals surface area (Å²) in [5.74, 6) is 0.747. The van der Waals surface area contributed by atoms with E-state index in [0.717, 1.165) is 33.5 Å². The lowest BCUT2D eigenvalue weighted by molar-refractivity contribution is 0.473. The van der Waals surface area contributed by atoms with Crippen LogP contribution in [0.5, 0.6) is 0 Å². The maximum Gasteiger partial charge on any atom is 0.183 e. The average Bonchev–Trinajstić information content (AvgIpc) is 2.81. The van der Waals surface area contributed by atoms with Crippen molar-refractivity contribution in [2.45, 2.75) is 39.5 Å². The Hall–Kier alpha value is -1.29. The van der Waals surface area contributed by atoms with Gasteiger partial charge in [0.15, 0.2) is 5.13 Å². The van der Waals surface area contributed by atoms with Crippen molar-refractivity contribution in [2.75, 3.05) is 17.6 Å². The van der Waals surface area contributed by atoms with Gasteiger partial charge in [-0.05, 0) is 30.5 Å². The molecule has 0 aliphatic heterocycles. The van der Waals surface area contributed by atoms with Gasteiger partial charge < -0.3 is 11.1 Å². The molecule has 0 saturated heterocycles. The fraction of sp³-hybridized carbons (Fsp3) is 0.533. The second-order valence-corrected chi connectivity index (χ2v) is 6.07. The molecule has 0 aliphatic rings. The van der Waals surface area contributed by atoms with Gasteiger partial charge in [0.2, 0.25) is 0 Å². The third-order valence-corrected chi connectivity index (χ3v) is 4.47. The number of hydrogen-bond donors (Lipinski definition) is 2. The summed E-state index contributed by atoms with van der Waals surface area (Å²) in [6.45, 7) is 5.53. The molecule has 0 amide bonds. The van der Waals surface area contributed by atoms with Crippen LogP contribution in [-0.4, -0.2) is 11.5 Å². The normalized spacial score (nSPS) is 12.7. The van der Waals surface area contributed by atoms with Crippen molar-refractivity contribution in [3.8, 4) is 0 Å². The lowest BCUT2D eigenvalue weighted by atomic mass is 10.00. The first-order chi connectivity index (χ1) is 9.22. The number of aromatic nitrogens is 1. The van der Waals surface area contributed by atoms with Crippen molar-refractivity contribution in [3.05, 3.63) is 18.2 Å². The summed E-state index contributed by atoms with van der Waals surface area (Å²) >= 11 is 1.69. The highest BCUT2D eigenvalue weighted by Crippen LogP contribution is 2.28. The predicted octanol–water partition coefficient (Wildman–Crippen LogP) is 4.51. The Kier molecular flexibility index (Phi) is 5.02. The fourth-order valence-corrected chi connectivity index (χ4v) is 3.11. The van der Waals surface area contributed by atoms with E-state index in [1.165, 1.54) is 25.7 Å². The van der Waals surface area contributed by atoms with Crippen LogP contribution < -0.4 is 11.1 Å². The molecule has 104 valence electrons. The summed E-state index contributed by atoms with van der Waals surface area (Å²) in [6, 6.07) is 5.88. The van der Waals surface area contributed by atoms with Crippen molar-refractivity contribution in [2.24, 2.45) is 5.92 Å². The van der Waals surface area contributed by atoms with Gasteiger partial charge in [-0.25, -0.2) is 4.98 Å². The molecule has 0 fully saturated rings. The van der Waals surface area contributed by atoms with E-state index in [-0.39, 0.29) is 0 Å². The predicted molar refractivity (Wildman–Crippen MR) is 85.8 cm³/mol. The monoisotopic (exact) mass is 277 g/mol. The number of nitrogens with zero attached hydrogens (tertiary/aromatic N) is 1. The fourth-order valence-electron chi connectivity index (χ4n) is 2.19. The Bertz CT molecular complexity index is 521. The van der Waals surface area contributed by atoms with Crippen molar-refractivity contribution < 1.29 is 0 Å². The SMILES string of the molecule is CCCCC(CC)CNc1nc2ccc(N)cc2s1. The minimum absolute atomic E-state index is 0.747. The highest BCUT2D eigenvalue weighted by atomic mass is 32.1. The molecule has 0 radical (unpaired) electrons. The van der Waals surface area contributed by atoms with E-state index in [1.54, 1.807) is 11.3 Å². The van der Waals surface area contributed by atoms with Gasteiger partial charge in [0.1, 0.15) is 0 Å². The molecule has 1 aromatic carbocycles. The van der Waals surface area contributed by atoms with E-state index in [2.05, 4.69) is 24.1 Å². The first kappa shape index (κ1) is 14.1. The van der Waals surface area contributed by atoms with Crippen molar-refractivity contribution in [1.82, 2.24) is 4.98 Å². The molecule has 1 aromatic heterocycles. The standard InChI is InChI=1S/C15H23N3S/c1-3-5-6-11(4-2)10-17-15-18-13-8-7-12(16)9-14(13)19-15/h7-9,11H,3-6,10,16H2,1-2H3,(H,17,18). The Morgan fingerprint density at radius 3 is 2.95 bits per heavy atom. The zero-order valence-corrected chi connectivity index (χ0v) is 12.6. The van der Waals surface area contributed by atoms with E-state index in [9.17, 15) is 0 Å². The zero-order chi connectivity index (χ0) is 13.7. The van der Waals surface area contributed by atoms with Gasteiger partial charge in [-0.15, -0.1) is 0 Å². The van der Waals surface area contributed by atoms with Crippen LogP contribution in [0.2, 0.25) is 0 Å². The number of nitrogens with two attached hydrogens (primary N) is 1. The van der Waals surface area contributed by atoms with Crippen LogP contribution in [0, 0.1) is 5.92 Å². The number of rotatable bonds is 7. The van der Waals surface area contributed by atoms with Crippen LogP contribution in [0.4, 0.5) is 10.8 Å². The number of unbranched alkanes of at least 4 members (excludes halogenated alkanes) is 1. The molecule has 19 heavy (non-hydrogen) atoms. The Labute approximate surface area is 119 Å². The van der Waals surface area contributed by atoms with Crippen LogP contribution in [0.25, 0.3) is 10.2 Å². The number of fused-ring (bicyclic) bond motifs is 1. The van der Waals surface area contributed by atoms with Crippen LogP contribution >= 0.6 is 11.3 Å². The molecule has 0 bridgehead atoms. The largest absolute Gasteiger partial charge is 0.399 e. The van der Waals surface area contributed by atoms with Gasteiger partial charge in [-0.2, -0.15) is 0 Å². The molecule has 0 spiro atoms. The summed E-state index contributed by atoms with van der Waals surface area (Å²) in [5.41, 5.74) is 7.62. The highest BCUT2D eigenvalue weighted by Gasteiger charge is 2.08. The quantitative estimate of drug-likeness (QED) is 0.732. The average molecular weight is 277 g/mol. The molecule has 1 atom stereocenters. The third-order valence-electron chi connectivity index (χ3n) is 3.50. The van der Waals surface area contributed by atoms with E-state index in [0.29, 0.717) is 0 Å². The highest BCUT2D eigenvalue weighted by molar-refractivity contribution is 7.22. The second kappa shape index (κ2) is 6.75.